The van der Waals surface area contributed by atoms with Crippen molar-refractivity contribution in [3.8, 4) is 0 Å². The van der Waals surface area contributed by atoms with Gasteiger partial charge in [-0.15, -0.1) is 0 Å². The minimum absolute atomic E-state index is 0.104. The average Bonchev–Trinajstić information content (AvgIpc) is 2.97. The average molecular weight is 276 g/mol. The normalized spacial score (nSPS) is 21.8. The Balaban J connectivity index is 1.51. The first kappa shape index (κ1) is 13.1. The van der Waals surface area contributed by atoms with Gasteiger partial charge in [-0.05, 0) is 18.8 Å². The maximum absolute atomic E-state index is 12.1. The van der Waals surface area contributed by atoms with E-state index in [-0.39, 0.29) is 5.91 Å². The lowest BCUT2D eigenvalue weighted by Crippen LogP contribution is -2.35. The van der Waals surface area contributed by atoms with Gasteiger partial charge in [-0.2, -0.15) is 0 Å². The van der Waals surface area contributed by atoms with E-state index in [0.29, 0.717) is 24.9 Å². The molecule has 2 aliphatic rings. The van der Waals surface area contributed by atoms with E-state index in [0.717, 1.165) is 11.4 Å². The van der Waals surface area contributed by atoms with E-state index in [4.69, 9.17) is 4.84 Å². The van der Waals surface area contributed by atoms with Crippen LogP contribution in [0.15, 0.2) is 17.7 Å². The third-order valence-electron chi connectivity index (χ3n) is 3.78. The fourth-order valence-corrected chi connectivity index (χ4v) is 2.32. The zero-order valence-electron chi connectivity index (χ0n) is 11.9. The summed E-state index contributed by atoms with van der Waals surface area (Å²) in [5.74, 6) is 0.219. The molecule has 0 spiro atoms. The summed E-state index contributed by atoms with van der Waals surface area (Å²) in [4.78, 5) is 21.4. The highest BCUT2D eigenvalue weighted by atomic mass is 16.6. The minimum atomic E-state index is -0.482. The van der Waals surface area contributed by atoms with E-state index >= 15 is 0 Å². The Hall–Kier alpha value is -1.85. The molecule has 1 aliphatic carbocycles. The number of carbonyl (C=O) groups is 1. The number of nitrogens with zero attached hydrogens (tertiary/aromatic N) is 3. The van der Waals surface area contributed by atoms with Gasteiger partial charge in [-0.1, -0.05) is 19.0 Å². The molecule has 1 atom stereocenters. The predicted molar refractivity (Wildman–Crippen MR) is 74.1 cm³/mol. The SMILES string of the molecule is CC(C)C1=NOC(C(=O)NCc2cncn2C2CC2)C1. The van der Waals surface area contributed by atoms with Crippen molar-refractivity contribution in [3.63, 3.8) is 0 Å². The summed E-state index contributed by atoms with van der Waals surface area (Å²) in [5.41, 5.74) is 2.00. The summed E-state index contributed by atoms with van der Waals surface area (Å²) in [5, 5.41) is 6.89. The van der Waals surface area contributed by atoms with E-state index < -0.39 is 6.10 Å². The largest absolute Gasteiger partial charge is 0.382 e. The third-order valence-corrected chi connectivity index (χ3v) is 3.78. The molecule has 108 valence electrons. The number of amides is 1. The quantitative estimate of drug-likeness (QED) is 0.888. The lowest BCUT2D eigenvalue weighted by Gasteiger charge is -2.11. The number of imidazole rings is 1. The molecule has 20 heavy (non-hydrogen) atoms. The van der Waals surface area contributed by atoms with Crippen molar-refractivity contribution in [2.45, 2.75) is 51.8 Å². The van der Waals surface area contributed by atoms with Crippen molar-refractivity contribution in [1.82, 2.24) is 14.9 Å². The van der Waals surface area contributed by atoms with Gasteiger partial charge in [0.15, 0.2) is 0 Å². The molecule has 1 amide bonds. The molecule has 1 N–H and O–H groups in total. The van der Waals surface area contributed by atoms with Crippen molar-refractivity contribution in [3.05, 3.63) is 18.2 Å². The van der Waals surface area contributed by atoms with Gasteiger partial charge in [0, 0.05) is 18.7 Å². The fraction of sp³-hybridized carbons (Fsp3) is 0.643. The van der Waals surface area contributed by atoms with Crippen molar-refractivity contribution in [2.75, 3.05) is 0 Å². The van der Waals surface area contributed by atoms with Crippen molar-refractivity contribution >= 4 is 11.6 Å². The molecule has 0 radical (unpaired) electrons. The van der Waals surface area contributed by atoms with Crippen molar-refractivity contribution < 1.29 is 9.63 Å². The summed E-state index contributed by atoms with van der Waals surface area (Å²) in [7, 11) is 0. The lowest BCUT2D eigenvalue weighted by molar-refractivity contribution is -0.131. The highest BCUT2D eigenvalue weighted by molar-refractivity contribution is 5.93. The topological polar surface area (TPSA) is 68.5 Å². The van der Waals surface area contributed by atoms with Crippen LogP contribution in [-0.4, -0.2) is 27.3 Å². The molecule has 2 heterocycles. The van der Waals surface area contributed by atoms with Crippen LogP contribution in [0.3, 0.4) is 0 Å². The first-order chi connectivity index (χ1) is 9.65. The summed E-state index contributed by atoms with van der Waals surface area (Å²) in [6, 6.07) is 0.572. The van der Waals surface area contributed by atoms with Crippen LogP contribution in [0, 0.1) is 5.92 Å². The Bertz CT molecular complexity index is 531. The van der Waals surface area contributed by atoms with Crippen LogP contribution < -0.4 is 5.32 Å². The number of hydrogen-bond acceptors (Lipinski definition) is 4. The molecule has 1 fully saturated rings. The Morgan fingerprint density at radius 1 is 1.55 bits per heavy atom. The molecule has 6 nitrogen and oxygen atoms in total. The molecular weight excluding hydrogens is 256 g/mol. The van der Waals surface area contributed by atoms with Crippen molar-refractivity contribution in [2.24, 2.45) is 11.1 Å². The van der Waals surface area contributed by atoms with Crippen molar-refractivity contribution in [1.29, 1.82) is 0 Å². The number of aromatic nitrogens is 2. The van der Waals surface area contributed by atoms with E-state index in [1.54, 1.807) is 0 Å². The van der Waals surface area contributed by atoms with Gasteiger partial charge in [-0.25, -0.2) is 4.98 Å². The Labute approximate surface area is 118 Å². The molecule has 6 heteroatoms. The molecule has 0 saturated heterocycles. The molecule has 1 saturated carbocycles. The van der Waals surface area contributed by atoms with Crippen LogP contribution in [0.5, 0.6) is 0 Å². The Kier molecular flexibility index (Phi) is 3.46. The van der Waals surface area contributed by atoms with Crippen LogP contribution >= 0.6 is 0 Å². The number of hydrogen-bond donors (Lipinski definition) is 1. The monoisotopic (exact) mass is 276 g/mol. The fourth-order valence-electron chi connectivity index (χ4n) is 2.32. The summed E-state index contributed by atoms with van der Waals surface area (Å²) < 4.78 is 2.14. The van der Waals surface area contributed by atoms with Crippen LogP contribution in [0.4, 0.5) is 0 Å². The highest BCUT2D eigenvalue weighted by Crippen LogP contribution is 2.35. The third kappa shape index (κ3) is 2.69. The second-order valence-corrected chi connectivity index (χ2v) is 5.78. The molecule has 1 aromatic heterocycles. The second-order valence-electron chi connectivity index (χ2n) is 5.78. The predicted octanol–water partition coefficient (Wildman–Crippen LogP) is 1.64. The maximum Gasteiger partial charge on any atom is 0.264 e. The van der Waals surface area contributed by atoms with E-state index in [2.05, 4.69) is 33.9 Å². The molecule has 3 rings (SSSR count). The summed E-state index contributed by atoms with van der Waals surface area (Å²) in [6.07, 6.45) is 6.16. The van der Waals surface area contributed by atoms with Gasteiger partial charge in [0.2, 0.25) is 6.10 Å². The summed E-state index contributed by atoms with van der Waals surface area (Å²) >= 11 is 0. The van der Waals surface area contributed by atoms with E-state index in [1.165, 1.54) is 12.8 Å². The number of nitrogens with one attached hydrogen (secondary N) is 1. The number of carbonyl (C=O) groups excluding carboxylic acids is 1. The van der Waals surface area contributed by atoms with E-state index in [1.807, 2.05) is 12.5 Å². The maximum atomic E-state index is 12.1. The zero-order chi connectivity index (χ0) is 14.1. The van der Waals surface area contributed by atoms with Gasteiger partial charge in [0.25, 0.3) is 5.91 Å². The van der Waals surface area contributed by atoms with Gasteiger partial charge in [0.05, 0.1) is 24.3 Å². The molecule has 1 aliphatic heterocycles. The number of rotatable bonds is 5. The smallest absolute Gasteiger partial charge is 0.264 e. The molecule has 1 aromatic rings. The molecular formula is C14H20N4O2. The van der Waals surface area contributed by atoms with Crippen LogP contribution in [-0.2, 0) is 16.2 Å². The van der Waals surface area contributed by atoms with Crippen LogP contribution in [0.25, 0.3) is 0 Å². The first-order valence-corrected chi connectivity index (χ1v) is 7.16. The standard InChI is InChI=1S/C14H20N4O2/c1-9(2)12-5-13(20-17-12)14(19)16-7-11-6-15-8-18(11)10-3-4-10/h6,8-10,13H,3-5,7H2,1-2H3,(H,16,19). The summed E-state index contributed by atoms with van der Waals surface area (Å²) in [6.45, 7) is 4.60. The highest BCUT2D eigenvalue weighted by Gasteiger charge is 2.30. The van der Waals surface area contributed by atoms with Gasteiger partial charge in [0.1, 0.15) is 0 Å². The van der Waals surface area contributed by atoms with Gasteiger partial charge < -0.3 is 14.7 Å². The van der Waals surface area contributed by atoms with Crippen LogP contribution in [0.1, 0.15) is 44.8 Å². The molecule has 0 bridgehead atoms. The van der Waals surface area contributed by atoms with Crippen LogP contribution in [0.2, 0.25) is 0 Å². The molecule has 1 unspecified atom stereocenters. The Morgan fingerprint density at radius 3 is 3.00 bits per heavy atom. The molecule has 0 aromatic carbocycles. The number of oxime groups is 1. The van der Waals surface area contributed by atoms with Gasteiger partial charge >= 0.3 is 0 Å². The second kappa shape index (κ2) is 5.26. The lowest BCUT2D eigenvalue weighted by atomic mass is 10.0. The zero-order valence-corrected chi connectivity index (χ0v) is 11.9. The van der Waals surface area contributed by atoms with E-state index in [9.17, 15) is 4.79 Å². The Morgan fingerprint density at radius 2 is 2.35 bits per heavy atom. The van der Waals surface area contributed by atoms with Gasteiger partial charge in [-0.3, -0.25) is 4.79 Å². The minimum Gasteiger partial charge on any atom is -0.382 e. The first-order valence-electron chi connectivity index (χ1n) is 7.16.